The Morgan fingerprint density at radius 1 is 1.50 bits per heavy atom. The summed E-state index contributed by atoms with van der Waals surface area (Å²) in [6, 6.07) is 2.90. The first kappa shape index (κ1) is 13.6. The molecule has 18 heavy (non-hydrogen) atoms. The Labute approximate surface area is 110 Å². The van der Waals surface area contributed by atoms with Crippen LogP contribution >= 0.6 is 0 Å². The van der Waals surface area contributed by atoms with Gasteiger partial charge in [0, 0.05) is 24.8 Å². The van der Waals surface area contributed by atoms with Gasteiger partial charge in [0.1, 0.15) is 0 Å². The van der Waals surface area contributed by atoms with Gasteiger partial charge in [-0.2, -0.15) is 5.10 Å². The van der Waals surface area contributed by atoms with E-state index in [4.69, 9.17) is 0 Å². The lowest BCUT2D eigenvalue weighted by Gasteiger charge is -2.33. The Bertz CT molecular complexity index is 364. The predicted molar refractivity (Wildman–Crippen MR) is 72.4 cm³/mol. The van der Waals surface area contributed by atoms with Crippen LogP contribution in [0.1, 0.15) is 51.3 Å². The van der Waals surface area contributed by atoms with E-state index in [1.807, 2.05) is 4.68 Å². The number of aliphatic hydroxyl groups is 1. The Morgan fingerprint density at radius 2 is 2.33 bits per heavy atom. The smallest absolute Gasteiger partial charge is 0.0765 e. The zero-order chi connectivity index (χ0) is 13.0. The van der Waals surface area contributed by atoms with Gasteiger partial charge in [0.15, 0.2) is 0 Å². The standard InChI is InChI=1S/C14H25N3O/c1-3-12(2)17-9-7-13(15-17)10-16-8-5-4-6-14(16)11-18/h7,9,12,14,18H,3-6,8,10-11H2,1-2H3. The van der Waals surface area contributed by atoms with Crippen LogP contribution in [-0.2, 0) is 6.54 Å². The van der Waals surface area contributed by atoms with Crippen molar-refractivity contribution >= 4 is 0 Å². The van der Waals surface area contributed by atoms with Gasteiger partial charge >= 0.3 is 0 Å². The second kappa shape index (κ2) is 6.34. The van der Waals surface area contributed by atoms with Crippen molar-refractivity contribution in [2.24, 2.45) is 0 Å². The van der Waals surface area contributed by atoms with Gasteiger partial charge in [-0.1, -0.05) is 13.3 Å². The average molecular weight is 251 g/mol. The quantitative estimate of drug-likeness (QED) is 0.872. The van der Waals surface area contributed by atoms with Crippen molar-refractivity contribution in [1.82, 2.24) is 14.7 Å². The fourth-order valence-corrected chi connectivity index (χ4v) is 2.58. The zero-order valence-corrected chi connectivity index (χ0v) is 11.5. The third kappa shape index (κ3) is 3.12. The lowest BCUT2D eigenvalue weighted by Crippen LogP contribution is -2.41. The first-order valence-corrected chi connectivity index (χ1v) is 7.13. The minimum absolute atomic E-state index is 0.270. The predicted octanol–water partition coefficient (Wildman–Crippen LogP) is 2.20. The zero-order valence-electron chi connectivity index (χ0n) is 11.5. The van der Waals surface area contributed by atoms with Crippen molar-refractivity contribution < 1.29 is 5.11 Å². The third-order valence-corrected chi connectivity index (χ3v) is 4.03. The number of nitrogens with zero attached hydrogens (tertiary/aromatic N) is 3. The third-order valence-electron chi connectivity index (χ3n) is 4.03. The summed E-state index contributed by atoms with van der Waals surface area (Å²) in [5.41, 5.74) is 1.12. The Morgan fingerprint density at radius 3 is 3.06 bits per heavy atom. The highest BCUT2D eigenvalue weighted by Gasteiger charge is 2.22. The van der Waals surface area contributed by atoms with Crippen molar-refractivity contribution in [3.05, 3.63) is 18.0 Å². The molecule has 0 amide bonds. The molecule has 1 aromatic heterocycles. The monoisotopic (exact) mass is 251 g/mol. The molecular weight excluding hydrogens is 226 g/mol. The summed E-state index contributed by atoms with van der Waals surface area (Å²) in [6.45, 7) is 6.59. The normalized spacial score (nSPS) is 23.2. The highest BCUT2D eigenvalue weighted by atomic mass is 16.3. The maximum atomic E-state index is 9.40. The van der Waals surface area contributed by atoms with Crippen molar-refractivity contribution in [2.45, 2.75) is 58.2 Å². The molecule has 1 fully saturated rings. The van der Waals surface area contributed by atoms with E-state index < -0.39 is 0 Å². The second-order valence-electron chi connectivity index (χ2n) is 5.35. The molecule has 2 heterocycles. The molecule has 0 saturated carbocycles. The topological polar surface area (TPSA) is 41.3 Å². The summed E-state index contributed by atoms with van der Waals surface area (Å²) >= 11 is 0. The van der Waals surface area contributed by atoms with Crippen LogP contribution in [0.4, 0.5) is 0 Å². The number of hydrogen-bond donors (Lipinski definition) is 1. The van der Waals surface area contributed by atoms with Crippen LogP contribution in [0.5, 0.6) is 0 Å². The number of aliphatic hydroxyl groups excluding tert-OH is 1. The van der Waals surface area contributed by atoms with Gasteiger partial charge in [0.25, 0.3) is 0 Å². The van der Waals surface area contributed by atoms with E-state index in [1.165, 1.54) is 12.8 Å². The van der Waals surface area contributed by atoms with Crippen molar-refractivity contribution in [2.75, 3.05) is 13.2 Å². The molecule has 1 aromatic rings. The molecule has 1 N–H and O–H groups in total. The van der Waals surface area contributed by atoms with Crippen LogP contribution in [0.15, 0.2) is 12.3 Å². The molecule has 4 heteroatoms. The molecular formula is C14H25N3O. The maximum absolute atomic E-state index is 9.40. The average Bonchev–Trinajstić information content (AvgIpc) is 2.87. The summed E-state index contributed by atoms with van der Waals surface area (Å²) < 4.78 is 2.05. The molecule has 2 unspecified atom stereocenters. The molecule has 0 aliphatic carbocycles. The largest absolute Gasteiger partial charge is 0.395 e. The molecule has 0 bridgehead atoms. The van der Waals surface area contributed by atoms with Crippen LogP contribution in [0.25, 0.3) is 0 Å². The molecule has 0 aromatic carbocycles. The summed E-state index contributed by atoms with van der Waals surface area (Å²) in [5, 5.41) is 14.0. The number of rotatable bonds is 5. The lowest BCUT2D eigenvalue weighted by molar-refractivity contribution is 0.0828. The number of likely N-dealkylation sites (tertiary alicyclic amines) is 1. The minimum Gasteiger partial charge on any atom is -0.395 e. The molecule has 1 saturated heterocycles. The highest BCUT2D eigenvalue weighted by molar-refractivity contribution is 5.00. The summed E-state index contributed by atoms with van der Waals surface area (Å²) in [4.78, 5) is 2.37. The summed E-state index contributed by atoms with van der Waals surface area (Å²) in [7, 11) is 0. The maximum Gasteiger partial charge on any atom is 0.0765 e. The van der Waals surface area contributed by atoms with Gasteiger partial charge in [-0.25, -0.2) is 0 Å². The number of piperidine rings is 1. The fourth-order valence-electron chi connectivity index (χ4n) is 2.58. The van der Waals surface area contributed by atoms with Crippen molar-refractivity contribution in [1.29, 1.82) is 0 Å². The van der Waals surface area contributed by atoms with E-state index in [9.17, 15) is 5.11 Å². The Kier molecular flexibility index (Phi) is 4.78. The van der Waals surface area contributed by atoms with E-state index >= 15 is 0 Å². The highest BCUT2D eigenvalue weighted by Crippen LogP contribution is 2.19. The van der Waals surface area contributed by atoms with Gasteiger partial charge in [0.2, 0.25) is 0 Å². The van der Waals surface area contributed by atoms with Gasteiger partial charge in [-0.3, -0.25) is 9.58 Å². The summed E-state index contributed by atoms with van der Waals surface area (Å²) in [5.74, 6) is 0. The molecule has 2 rings (SSSR count). The van der Waals surface area contributed by atoms with Gasteiger partial charge < -0.3 is 5.11 Å². The van der Waals surface area contributed by atoms with Crippen LogP contribution < -0.4 is 0 Å². The van der Waals surface area contributed by atoms with Gasteiger partial charge in [-0.15, -0.1) is 0 Å². The fraction of sp³-hybridized carbons (Fsp3) is 0.786. The van der Waals surface area contributed by atoms with Crippen LogP contribution in [-0.4, -0.2) is 39.0 Å². The van der Waals surface area contributed by atoms with Crippen molar-refractivity contribution in [3.63, 3.8) is 0 Å². The lowest BCUT2D eigenvalue weighted by atomic mass is 10.0. The SMILES string of the molecule is CCC(C)n1ccc(CN2CCCCC2CO)n1. The summed E-state index contributed by atoms with van der Waals surface area (Å²) in [6.07, 6.45) is 6.76. The van der Waals surface area contributed by atoms with E-state index in [0.717, 1.165) is 31.6 Å². The van der Waals surface area contributed by atoms with Crippen LogP contribution in [0.3, 0.4) is 0 Å². The Hall–Kier alpha value is -0.870. The Balaban J connectivity index is 1.97. The molecule has 4 nitrogen and oxygen atoms in total. The van der Waals surface area contributed by atoms with E-state index in [1.54, 1.807) is 0 Å². The van der Waals surface area contributed by atoms with Gasteiger partial charge in [0.05, 0.1) is 12.3 Å². The number of aromatic nitrogens is 2. The van der Waals surface area contributed by atoms with Crippen LogP contribution in [0.2, 0.25) is 0 Å². The van der Waals surface area contributed by atoms with Gasteiger partial charge in [-0.05, 0) is 38.8 Å². The molecule has 0 spiro atoms. The second-order valence-corrected chi connectivity index (χ2v) is 5.35. The van der Waals surface area contributed by atoms with E-state index in [-0.39, 0.29) is 6.61 Å². The molecule has 1 aliphatic heterocycles. The van der Waals surface area contributed by atoms with Crippen molar-refractivity contribution in [3.8, 4) is 0 Å². The molecule has 102 valence electrons. The molecule has 0 radical (unpaired) electrons. The van der Waals surface area contributed by atoms with E-state index in [0.29, 0.717) is 12.1 Å². The first-order chi connectivity index (χ1) is 8.74. The van der Waals surface area contributed by atoms with E-state index in [2.05, 4.69) is 36.1 Å². The molecule has 1 aliphatic rings. The molecule has 2 atom stereocenters. The first-order valence-electron chi connectivity index (χ1n) is 7.13. The number of hydrogen-bond acceptors (Lipinski definition) is 3. The van der Waals surface area contributed by atoms with Crippen LogP contribution in [0, 0.1) is 0 Å². The minimum atomic E-state index is 0.270.